The van der Waals surface area contributed by atoms with Crippen molar-refractivity contribution in [2.24, 2.45) is 5.73 Å². The Morgan fingerprint density at radius 2 is 2.23 bits per heavy atom. The van der Waals surface area contributed by atoms with E-state index in [9.17, 15) is 4.79 Å². The molecule has 0 saturated heterocycles. The number of nitrogens with two attached hydrogens (primary N) is 1. The Morgan fingerprint density at radius 3 is 2.92 bits per heavy atom. The second kappa shape index (κ2) is 2.75. The fourth-order valence-electron chi connectivity index (χ4n) is 1.41. The maximum absolute atomic E-state index is 10.9. The third kappa shape index (κ3) is 1.14. The van der Waals surface area contributed by atoms with E-state index < -0.39 is 11.5 Å². The lowest BCUT2D eigenvalue weighted by atomic mass is 9.94. The largest absolute Gasteiger partial charge is 0.480 e. The van der Waals surface area contributed by atoms with Crippen LogP contribution in [-0.4, -0.2) is 16.8 Å². The molecule has 0 aliphatic carbocycles. The Kier molecular flexibility index (Phi) is 1.82. The number of carboxylic acids is 1. The van der Waals surface area contributed by atoms with Crippen molar-refractivity contribution in [3.05, 3.63) is 29.8 Å². The zero-order valence-corrected chi connectivity index (χ0v) is 7.67. The van der Waals surface area contributed by atoms with Gasteiger partial charge in [-0.3, -0.25) is 0 Å². The first-order valence-corrected chi connectivity index (χ1v) is 4.88. The molecule has 1 aromatic carbocycles. The second-order valence-corrected chi connectivity index (χ2v) is 4.08. The van der Waals surface area contributed by atoms with Crippen molar-refractivity contribution < 1.29 is 9.90 Å². The molecule has 1 aromatic rings. The van der Waals surface area contributed by atoms with Crippen LogP contribution in [0.2, 0.25) is 0 Å². The summed E-state index contributed by atoms with van der Waals surface area (Å²) in [6.45, 7) is 0. The Balaban J connectivity index is 2.55. The SMILES string of the molecule is NC1(C(=O)O)CSc2ccccc21. The van der Waals surface area contributed by atoms with Crippen molar-refractivity contribution in [3.63, 3.8) is 0 Å². The number of rotatable bonds is 1. The van der Waals surface area contributed by atoms with Crippen LogP contribution < -0.4 is 5.73 Å². The fraction of sp³-hybridized carbons (Fsp3) is 0.222. The van der Waals surface area contributed by atoms with E-state index in [1.165, 1.54) is 11.8 Å². The number of benzene rings is 1. The number of fused-ring (bicyclic) bond motifs is 1. The van der Waals surface area contributed by atoms with Crippen LogP contribution in [0.5, 0.6) is 0 Å². The summed E-state index contributed by atoms with van der Waals surface area (Å²) >= 11 is 1.50. The minimum atomic E-state index is -1.19. The molecule has 0 fully saturated rings. The van der Waals surface area contributed by atoms with Crippen molar-refractivity contribution in [2.75, 3.05) is 5.75 Å². The van der Waals surface area contributed by atoms with Crippen LogP contribution in [0.3, 0.4) is 0 Å². The lowest BCUT2D eigenvalue weighted by molar-refractivity contribution is -0.142. The molecule has 1 atom stereocenters. The van der Waals surface area contributed by atoms with Crippen molar-refractivity contribution in [2.45, 2.75) is 10.4 Å². The molecule has 4 heteroatoms. The first kappa shape index (κ1) is 8.59. The average molecular weight is 195 g/mol. The van der Waals surface area contributed by atoms with Gasteiger partial charge in [-0.2, -0.15) is 0 Å². The quantitative estimate of drug-likeness (QED) is 0.702. The molecule has 0 bridgehead atoms. The van der Waals surface area contributed by atoms with E-state index in [1.54, 1.807) is 6.07 Å². The van der Waals surface area contributed by atoms with Crippen LogP contribution in [0, 0.1) is 0 Å². The van der Waals surface area contributed by atoms with Crippen molar-refractivity contribution in [3.8, 4) is 0 Å². The molecule has 2 rings (SSSR count). The van der Waals surface area contributed by atoms with E-state index in [0.717, 1.165) is 10.5 Å². The van der Waals surface area contributed by atoms with E-state index in [-0.39, 0.29) is 0 Å². The van der Waals surface area contributed by atoms with Gasteiger partial charge in [0.05, 0.1) is 0 Å². The first-order valence-electron chi connectivity index (χ1n) is 3.89. The highest BCUT2D eigenvalue weighted by molar-refractivity contribution is 7.99. The Morgan fingerprint density at radius 1 is 1.54 bits per heavy atom. The lowest BCUT2D eigenvalue weighted by Gasteiger charge is -2.17. The second-order valence-electron chi connectivity index (χ2n) is 3.06. The Hall–Kier alpha value is -1.00. The van der Waals surface area contributed by atoms with Gasteiger partial charge in [0.15, 0.2) is 5.54 Å². The van der Waals surface area contributed by atoms with Gasteiger partial charge >= 0.3 is 5.97 Å². The zero-order chi connectivity index (χ0) is 9.47. The molecule has 3 N–H and O–H groups in total. The van der Waals surface area contributed by atoms with Crippen LogP contribution in [-0.2, 0) is 10.3 Å². The normalized spacial score (nSPS) is 25.6. The number of carbonyl (C=O) groups is 1. The predicted molar refractivity (Wildman–Crippen MR) is 50.7 cm³/mol. The summed E-state index contributed by atoms with van der Waals surface area (Å²) in [7, 11) is 0. The summed E-state index contributed by atoms with van der Waals surface area (Å²) in [6.07, 6.45) is 0. The first-order chi connectivity index (χ1) is 6.14. The summed E-state index contributed by atoms with van der Waals surface area (Å²) < 4.78 is 0. The number of hydrogen-bond acceptors (Lipinski definition) is 3. The van der Waals surface area contributed by atoms with Crippen molar-refractivity contribution in [1.29, 1.82) is 0 Å². The van der Waals surface area contributed by atoms with Gasteiger partial charge in [-0.05, 0) is 11.6 Å². The molecule has 0 amide bonds. The lowest BCUT2D eigenvalue weighted by Crippen LogP contribution is -2.45. The van der Waals surface area contributed by atoms with E-state index in [0.29, 0.717) is 5.75 Å². The molecule has 0 aromatic heterocycles. The highest BCUT2D eigenvalue weighted by Crippen LogP contribution is 2.40. The number of carboxylic acid groups (broad SMARTS) is 1. The summed E-state index contributed by atoms with van der Waals surface area (Å²) in [5.41, 5.74) is 5.33. The van der Waals surface area contributed by atoms with Crippen LogP contribution in [0.1, 0.15) is 5.56 Å². The smallest absolute Gasteiger partial charge is 0.329 e. The van der Waals surface area contributed by atoms with Gasteiger partial charge in [-0.15, -0.1) is 11.8 Å². The van der Waals surface area contributed by atoms with Gasteiger partial charge in [0, 0.05) is 10.6 Å². The van der Waals surface area contributed by atoms with E-state index in [4.69, 9.17) is 10.8 Å². The molecule has 0 spiro atoms. The summed E-state index contributed by atoms with van der Waals surface area (Å²) in [6, 6.07) is 7.38. The molecule has 1 heterocycles. The Labute approximate surface area is 79.9 Å². The number of thioether (sulfide) groups is 1. The number of hydrogen-bond donors (Lipinski definition) is 2. The molecule has 3 nitrogen and oxygen atoms in total. The molecule has 0 radical (unpaired) electrons. The molecular weight excluding hydrogens is 186 g/mol. The molecule has 1 aliphatic rings. The van der Waals surface area contributed by atoms with Crippen LogP contribution in [0.4, 0.5) is 0 Å². The van der Waals surface area contributed by atoms with Gasteiger partial charge in [0.2, 0.25) is 0 Å². The van der Waals surface area contributed by atoms with Crippen LogP contribution in [0.15, 0.2) is 29.2 Å². The average Bonchev–Trinajstić information content (AvgIpc) is 2.47. The third-order valence-electron chi connectivity index (χ3n) is 2.20. The minimum absolute atomic E-state index is 0.418. The van der Waals surface area contributed by atoms with Crippen molar-refractivity contribution >= 4 is 17.7 Å². The standard InChI is InChI=1S/C9H9NO2S/c10-9(8(11)12)5-13-7-4-2-1-3-6(7)9/h1-4H,5,10H2,(H,11,12). The van der Waals surface area contributed by atoms with E-state index in [2.05, 4.69) is 0 Å². The third-order valence-corrected chi connectivity index (χ3v) is 3.47. The zero-order valence-electron chi connectivity index (χ0n) is 6.86. The highest BCUT2D eigenvalue weighted by atomic mass is 32.2. The Bertz CT molecular complexity index is 366. The summed E-state index contributed by atoms with van der Waals surface area (Å²) in [5.74, 6) is -0.535. The van der Waals surface area contributed by atoms with E-state index >= 15 is 0 Å². The molecule has 1 aliphatic heterocycles. The topological polar surface area (TPSA) is 63.3 Å². The number of aliphatic carboxylic acids is 1. The van der Waals surface area contributed by atoms with E-state index in [1.807, 2.05) is 18.2 Å². The predicted octanol–water partition coefficient (Wildman–Crippen LogP) is 1.03. The highest BCUT2D eigenvalue weighted by Gasteiger charge is 2.42. The van der Waals surface area contributed by atoms with Crippen LogP contribution in [0.25, 0.3) is 0 Å². The van der Waals surface area contributed by atoms with Gasteiger partial charge < -0.3 is 10.8 Å². The molecule has 0 saturated carbocycles. The monoisotopic (exact) mass is 195 g/mol. The van der Waals surface area contributed by atoms with Gasteiger partial charge in [0.25, 0.3) is 0 Å². The minimum Gasteiger partial charge on any atom is -0.480 e. The van der Waals surface area contributed by atoms with Crippen LogP contribution >= 0.6 is 11.8 Å². The summed E-state index contributed by atoms with van der Waals surface area (Å²) in [5, 5.41) is 8.98. The van der Waals surface area contributed by atoms with Gasteiger partial charge in [-0.1, -0.05) is 18.2 Å². The maximum Gasteiger partial charge on any atom is 0.329 e. The molecule has 13 heavy (non-hydrogen) atoms. The fourth-order valence-corrected chi connectivity index (χ4v) is 2.65. The van der Waals surface area contributed by atoms with Gasteiger partial charge in [-0.25, -0.2) is 4.79 Å². The maximum atomic E-state index is 10.9. The van der Waals surface area contributed by atoms with Gasteiger partial charge in [0.1, 0.15) is 0 Å². The molecule has 68 valence electrons. The molecular formula is C9H9NO2S. The molecule has 1 unspecified atom stereocenters. The summed E-state index contributed by atoms with van der Waals surface area (Å²) in [4.78, 5) is 11.9. The van der Waals surface area contributed by atoms with Crippen molar-refractivity contribution in [1.82, 2.24) is 0 Å².